The molecule has 0 radical (unpaired) electrons. The van der Waals surface area contributed by atoms with E-state index in [-0.39, 0.29) is 6.04 Å². The van der Waals surface area contributed by atoms with Crippen LogP contribution >= 0.6 is 11.8 Å². The Hall–Kier alpha value is -1.04. The molecule has 1 N–H and O–H groups in total. The number of thioether (sulfide) groups is 1. The molecule has 0 fully saturated rings. The molecule has 2 unspecified atom stereocenters. The van der Waals surface area contributed by atoms with Crippen LogP contribution < -0.4 is 5.32 Å². The first kappa shape index (κ1) is 10.5. The monoisotopic (exact) mass is 225 g/mol. The smallest absolute Gasteiger partial charge is 0.157 e. The van der Waals surface area contributed by atoms with Crippen molar-refractivity contribution in [3.63, 3.8) is 0 Å². The summed E-state index contributed by atoms with van der Waals surface area (Å²) in [4.78, 5) is 4.41. The topological polar surface area (TPSA) is 55.1 Å². The molecule has 1 aromatic heterocycles. The van der Waals surface area contributed by atoms with Gasteiger partial charge in [-0.15, -0.1) is 10.2 Å². The van der Waals surface area contributed by atoms with E-state index in [1.54, 1.807) is 18.1 Å². The third-order valence-electron chi connectivity index (χ3n) is 2.28. The summed E-state index contributed by atoms with van der Waals surface area (Å²) in [6.07, 6.45) is 1.71. The highest BCUT2D eigenvalue weighted by Gasteiger charge is 2.18. The van der Waals surface area contributed by atoms with Gasteiger partial charge in [-0.05, 0) is 6.92 Å². The molecule has 2 heterocycles. The van der Waals surface area contributed by atoms with Crippen LogP contribution in [0, 0.1) is 0 Å². The van der Waals surface area contributed by atoms with Crippen LogP contribution in [0.25, 0.3) is 0 Å². The second-order valence-electron chi connectivity index (χ2n) is 3.74. The zero-order chi connectivity index (χ0) is 10.8. The van der Waals surface area contributed by atoms with Gasteiger partial charge < -0.3 is 9.88 Å². The Kier molecular flexibility index (Phi) is 2.95. The number of aliphatic imine (C=N–C) groups is 1. The van der Waals surface area contributed by atoms with Crippen LogP contribution in [-0.2, 0) is 7.05 Å². The van der Waals surface area contributed by atoms with Crippen LogP contribution in [0.5, 0.6) is 0 Å². The molecule has 0 saturated carbocycles. The molecule has 2 atom stereocenters. The molecule has 1 aliphatic heterocycles. The van der Waals surface area contributed by atoms with Crippen molar-refractivity contribution in [2.75, 3.05) is 6.54 Å². The second-order valence-corrected chi connectivity index (χ2v) is 5.17. The molecule has 0 amide bonds. The predicted octanol–water partition coefficient (Wildman–Crippen LogP) is 0.957. The Morgan fingerprint density at radius 3 is 3.00 bits per heavy atom. The predicted molar refractivity (Wildman–Crippen MR) is 61.9 cm³/mol. The fourth-order valence-electron chi connectivity index (χ4n) is 1.49. The summed E-state index contributed by atoms with van der Waals surface area (Å²) < 4.78 is 1.92. The summed E-state index contributed by atoms with van der Waals surface area (Å²) in [5.41, 5.74) is 0. The SMILES string of the molecule is CC1CN=C(NC(C)c2nncn2C)S1. The number of aryl methyl sites for hydroxylation is 1. The minimum absolute atomic E-state index is 0.147. The van der Waals surface area contributed by atoms with Crippen molar-refractivity contribution in [2.45, 2.75) is 25.1 Å². The molecule has 6 heteroatoms. The molecule has 15 heavy (non-hydrogen) atoms. The van der Waals surface area contributed by atoms with Gasteiger partial charge in [0.05, 0.1) is 12.6 Å². The van der Waals surface area contributed by atoms with E-state index in [1.807, 2.05) is 11.6 Å². The zero-order valence-electron chi connectivity index (χ0n) is 9.14. The normalized spacial score (nSPS) is 22.6. The molecule has 0 saturated heterocycles. The van der Waals surface area contributed by atoms with Crippen LogP contribution in [0.4, 0.5) is 0 Å². The maximum absolute atomic E-state index is 4.41. The van der Waals surface area contributed by atoms with E-state index in [2.05, 4.69) is 34.4 Å². The van der Waals surface area contributed by atoms with E-state index < -0.39 is 0 Å². The van der Waals surface area contributed by atoms with E-state index in [0.29, 0.717) is 5.25 Å². The molecular weight excluding hydrogens is 210 g/mol. The zero-order valence-corrected chi connectivity index (χ0v) is 9.95. The highest BCUT2D eigenvalue weighted by Crippen LogP contribution is 2.20. The lowest BCUT2D eigenvalue weighted by Gasteiger charge is -2.13. The van der Waals surface area contributed by atoms with Gasteiger partial charge >= 0.3 is 0 Å². The molecule has 82 valence electrons. The highest BCUT2D eigenvalue weighted by molar-refractivity contribution is 8.14. The summed E-state index contributed by atoms with van der Waals surface area (Å²) in [5.74, 6) is 0.929. The Bertz CT molecular complexity index is 372. The lowest BCUT2D eigenvalue weighted by atomic mass is 10.3. The van der Waals surface area contributed by atoms with Crippen LogP contribution in [0.1, 0.15) is 25.7 Å². The van der Waals surface area contributed by atoms with Crippen molar-refractivity contribution in [2.24, 2.45) is 12.0 Å². The summed E-state index contributed by atoms with van der Waals surface area (Å²) in [7, 11) is 1.94. The van der Waals surface area contributed by atoms with E-state index in [0.717, 1.165) is 17.5 Å². The van der Waals surface area contributed by atoms with E-state index >= 15 is 0 Å². The summed E-state index contributed by atoms with van der Waals surface area (Å²) >= 11 is 1.78. The van der Waals surface area contributed by atoms with Gasteiger partial charge in [0, 0.05) is 12.3 Å². The third-order valence-corrected chi connectivity index (χ3v) is 3.30. The van der Waals surface area contributed by atoms with Crippen molar-refractivity contribution in [3.8, 4) is 0 Å². The molecule has 2 rings (SSSR count). The Morgan fingerprint density at radius 1 is 1.67 bits per heavy atom. The van der Waals surface area contributed by atoms with Gasteiger partial charge in [-0.3, -0.25) is 4.99 Å². The first-order valence-electron chi connectivity index (χ1n) is 4.98. The Morgan fingerprint density at radius 2 is 2.47 bits per heavy atom. The quantitative estimate of drug-likeness (QED) is 0.814. The fourth-order valence-corrected chi connectivity index (χ4v) is 2.41. The van der Waals surface area contributed by atoms with Gasteiger partial charge in [0.1, 0.15) is 6.33 Å². The minimum Gasteiger partial charge on any atom is -0.355 e. The number of hydrogen-bond donors (Lipinski definition) is 1. The first-order valence-corrected chi connectivity index (χ1v) is 5.86. The molecule has 0 bridgehead atoms. The maximum atomic E-state index is 4.41. The molecule has 1 aliphatic rings. The maximum Gasteiger partial charge on any atom is 0.157 e. The molecule has 0 spiro atoms. The third kappa shape index (κ3) is 2.31. The fraction of sp³-hybridized carbons (Fsp3) is 0.667. The van der Waals surface area contributed by atoms with Crippen molar-refractivity contribution < 1.29 is 0 Å². The van der Waals surface area contributed by atoms with E-state index in [4.69, 9.17) is 0 Å². The molecular formula is C9H15N5S. The van der Waals surface area contributed by atoms with Crippen LogP contribution in [-0.4, -0.2) is 31.7 Å². The van der Waals surface area contributed by atoms with E-state index in [1.165, 1.54) is 0 Å². The number of nitrogens with one attached hydrogen (secondary N) is 1. The standard InChI is InChI=1S/C9H15N5S/c1-6-4-10-9(15-6)12-7(2)8-13-11-5-14(8)3/h5-7H,4H2,1-3H3,(H,10,12). The summed E-state index contributed by atoms with van der Waals surface area (Å²) in [6.45, 7) is 5.14. The van der Waals surface area contributed by atoms with Crippen molar-refractivity contribution in [1.29, 1.82) is 0 Å². The van der Waals surface area contributed by atoms with Crippen LogP contribution in [0.15, 0.2) is 11.3 Å². The number of amidine groups is 1. The largest absolute Gasteiger partial charge is 0.355 e. The van der Waals surface area contributed by atoms with Crippen LogP contribution in [0.3, 0.4) is 0 Å². The summed E-state index contributed by atoms with van der Waals surface area (Å²) in [6, 6.07) is 0.147. The summed E-state index contributed by atoms with van der Waals surface area (Å²) in [5, 5.41) is 12.9. The van der Waals surface area contributed by atoms with E-state index in [9.17, 15) is 0 Å². The second kappa shape index (κ2) is 4.22. The van der Waals surface area contributed by atoms with Crippen molar-refractivity contribution >= 4 is 16.9 Å². The van der Waals surface area contributed by atoms with Gasteiger partial charge in [0.15, 0.2) is 11.0 Å². The van der Waals surface area contributed by atoms with Gasteiger partial charge in [0.2, 0.25) is 0 Å². The molecule has 1 aromatic rings. The van der Waals surface area contributed by atoms with Gasteiger partial charge in [-0.2, -0.15) is 0 Å². The van der Waals surface area contributed by atoms with Gasteiger partial charge in [0.25, 0.3) is 0 Å². The first-order chi connectivity index (χ1) is 7.16. The lowest BCUT2D eigenvalue weighted by molar-refractivity contribution is 0.629. The van der Waals surface area contributed by atoms with Gasteiger partial charge in [-0.25, -0.2) is 0 Å². The number of nitrogens with zero attached hydrogens (tertiary/aromatic N) is 4. The number of aromatic nitrogens is 3. The van der Waals surface area contributed by atoms with Crippen LogP contribution in [0.2, 0.25) is 0 Å². The number of hydrogen-bond acceptors (Lipinski definition) is 5. The average molecular weight is 225 g/mol. The highest BCUT2D eigenvalue weighted by atomic mass is 32.2. The van der Waals surface area contributed by atoms with Gasteiger partial charge in [-0.1, -0.05) is 18.7 Å². The van der Waals surface area contributed by atoms with Crippen molar-refractivity contribution in [3.05, 3.63) is 12.2 Å². The molecule has 5 nitrogen and oxygen atoms in total. The minimum atomic E-state index is 0.147. The average Bonchev–Trinajstić information content (AvgIpc) is 2.75. The molecule has 0 aromatic carbocycles. The lowest BCUT2D eigenvalue weighted by Crippen LogP contribution is -2.25. The Balaban J connectivity index is 1.99. The van der Waals surface area contributed by atoms with Crippen molar-refractivity contribution in [1.82, 2.24) is 20.1 Å². The number of rotatable bonds is 2. The Labute approximate surface area is 93.4 Å². The molecule has 0 aliphatic carbocycles.